The normalized spacial score (nSPS) is 15.0. The van der Waals surface area contributed by atoms with Crippen molar-refractivity contribution in [2.45, 2.75) is 31.5 Å². The number of hydrogen-bond acceptors (Lipinski definition) is 6. The molecule has 0 unspecified atom stereocenters. The Kier molecular flexibility index (Phi) is 5.91. The number of hydrogen-bond donors (Lipinski definition) is 0. The SMILES string of the molecule is O=c1c(C2CCN(c3nccnc3F)CC2)cc2nccnc2n1Cc1ccccc1C(F)(F)F. The molecule has 7 nitrogen and oxygen atoms in total. The molecule has 0 N–H and O–H groups in total. The highest BCUT2D eigenvalue weighted by atomic mass is 19.4. The van der Waals surface area contributed by atoms with Crippen molar-refractivity contribution in [3.8, 4) is 0 Å². The Labute approximate surface area is 197 Å². The first kappa shape index (κ1) is 22.9. The number of piperidine rings is 1. The molecule has 0 radical (unpaired) electrons. The lowest BCUT2D eigenvalue weighted by Crippen LogP contribution is -2.37. The Balaban J connectivity index is 1.51. The Morgan fingerprint density at radius 2 is 1.63 bits per heavy atom. The van der Waals surface area contributed by atoms with Crippen LogP contribution in [0.15, 0.2) is 59.9 Å². The van der Waals surface area contributed by atoms with E-state index in [4.69, 9.17) is 0 Å². The second-order valence-corrected chi connectivity index (χ2v) is 8.34. The van der Waals surface area contributed by atoms with E-state index in [0.717, 1.165) is 6.07 Å². The second-order valence-electron chi connectivity index (χ2n) is 8.34. The van der Waals surface area contributed by atoms with Crippen molar-refractivity contribution in [2.24, 2.45) is 0 Å². The van der Waals surface area contributed by atoms with Crippen LogP contribution in [0.1, 0.15) is 35.4 Å². The fourth-order valence-electron chi connectivity index (χ4n) is 4.58. The lowest BCUT2D eigenvalue weighted by atomic mass is 9.90. The summed E-state index contributed by atoms with van der Waals surface area (Å²) in [6, 6.07) is 6.85. The molecule has 0 aliphatic carbocycles. The third-order valence-electron chi connectivity index (χ3n) is 6.27. The number of pyridine rings is 1. The van der Waals surface area contributed by atoms with Gasteiger partial charge in [0.2, 0.25) is 0 Å². The number of alkyl halides is 3. The maximum atomic E-state index is 14.0. The molecule has 4 heterocycles. The van der Waals surface area contributed by atoms with E-state index in [9.17, 15) is 22.4 Å². The van der Waals surface area contributed by atoms with E-state index >= 15 is 0 Å². The topological polar surface area (TPSA) is 76.8 Å². The zero-order valence-electron chi connectivity index (χ0n) is 18.4. The van der Waals surface area contributed by atoms with E-state index in [-0.39, 0.29) is 29.5 Å². The maximum absolute atomic E-state index is 14.0. The minimum absolute atomic E-state index is 0.0286. The first-order chi connectivity index (χ1) is 16.8. The molecule has 11 heteroatoms. The molecule has 0 saturated carbocycles. The Bertz CT molecular complexity index is 1430. The van der Waals surface area contributed by atoms with E-state index in [0.29, 0.717) is 37.0 Å². The van der Waals surface area contributed by atoms with Gasteiger partial charge in [-0.1, -0.05) is 18.2 Å². The molecule has 4 aromatic rings. The molecule has 1 aromatic carbocycles. The quantitative estimate of drug-likeness (QED) is 0.405. The monoisotopic (exact) mass is 484 g/mol. The second kappa shape index (κ2) is 9.05. The minimum Gasteiger partial charge on any atom is -0.353 e. The smallest absolute Gasteiger partial charge is 0.353 e. The number of benzene rings is 1. The molecule has 35 heavy (non-hydrogen) atoms. The minimum atomic E-state index is -4.55. The van der Waals surface area contributed by atoms with Crippen LogP contribution in [-0.4, -0.2) is 37.6 Å². The van der Waals surface area contributed by atoms with Crippen molar-refractivity contribution >= 4 is 17.0 Å². The van der Waals surface area contributed by atoms with Gasteiger partial charge < -0.3 is 4.90 Å². The standard InChI is InChI=1S/C24H20F4N6O/c25-20-22(32-10-8-30-20)33-11-5-15(6-12-33)17-13-19-21(31-9-7-29-19)34(23(17)35)14-16-3-1-2-4-18(16)24(26,27)28/h1-4,7-10,13,15H,5-6,11-12,14H2. The lowest BCUT2D eigenvalue weighted by Gasteiger charge is -2.32. The molecule has 0 bridgehead atoms. The zero-order valence-corrected chi connectivity index (χ0v) is 18.4. The van der Waals surface area contributed by atoms with Crippen molar-refractivity contribution in [3.63, 3.8) is 0 Å². The van der Waals surface area contributed by atoms with Crippen LogP contribution in [0.3, 0.4) is 0 Å². The fourth-order valence-corrected chi connectivity index (χ4v) is 4.58. The lowest BCUT2D eigenvalue weighted by molar-refractivity contribution is -0.138. The largest absolute Gasteiger partial charge is 0.416 e. The summed E-state index contributed by atoms with van der Waals surface area (Å²) in [7, 11) is 0. The molecule has 180 valence electrons. The number of fused-ring (bicyclic) bond motifs is 1. The summed E-state index contributed by atoms with van der Waals surface area (Å²) in [5.41, 5.74) is -0.125. The van der Waals surface area contributed by atoms with Gasteiger partial charge in [0.15, 0.2) is 11.5 Å². The summed E-state index contributed by atoms with van der Waals surface area (Å²) in [4.78, 5) is 31.6. The van der Waals surface area contributed by atoms with Gasteiger partial charge in [-0.05, 0) is 36.5 Å². The summed E-state index contributed by atoms with van der Waals surface area (Å²) >= 11 is 0. The van der Waals surface area contributed by atoms with E-state index in [1.54, 1.807) is 11.0 Å². The van der Waals surface area contributed by atoms with Gasteiger partial charge in [0.05, 0.1) is 12.1 Å². The first-order valence-corrected chi connectivity index (χ1v) is 11.0. The van der Waals surface area contributed by atoms with Gasteiger partial charge in [-0.15, -0.1) is 0 Å². The third-order valence-corrected chi connectivity index (χ3v) is 6.27. The van der Waals surface area contributed by atoms with Crippen LogP contribution in [0, 0.1) is 5.95 Å². The average Bonchev–Trinajstić information content (AvgIpc) is 2.86. The highest BCUT2D eigenvalue weighted by Gasteiger charge is 2.33. The van der Waals surface area contributed by atoms with Crippen LogP contribution >= 0.6 is 0 Å². The van der Waals surface area contributed by atoms with Gasteiger partial charge >= 0.3 is 6.18 Å². The number of nitrogens with zero attached hydrogens (tertiary/aromatic N) is 6. The van der Waals surface area contributed by atoms with Crippen molar-refractivity contribution < 1.29 is 17.6 Å². The van der Waals surface area contributed by atoms with Crippen molar-refractivity contribution in [1.82, 2.24) is 24.5 Å². The summed E-state index contributed by atoms with van der Waals surface area (Å²) in [6.07, 6.45) is 2.10. The van der Waals surface area contributed by atoms with Crippen molar-refractivity contribution in [3.05, 3.63) is 88.1 Å². The van der Waals surface area contributed by atoms with E-state index in [1.165, 1.54) is 47.6 Å². The fraction of sp³-hybridized carbons (Fsp3) is 0.292. The molecule has 0 atom stereocenters. The van der Waals surface area contributed by atoms with Crippen LogP contribution in [-0.2, 0) is 12.7 Å². The highest BCUT2D eigenvalue weighted by Crippen LogP contribution is 2.33. The Morgan fingerprint density at radius 1 is 0.943 bits per heavy atom. The van der Waals surface area contributed by atoms with Crippen molar-refractivity contribution in [2.75, 3.05) is 18.0 Å². The number of aromatic nitrogens is 5. The molecule has 3 aromatic heterocycles. The maximum Gasteiger partial charge on any atom is 0.416 e. The number of rotatable bonds is 4. The predicted molar refractivity (Wildman–Crippen MR) is 121 cm³/mol. The molecule has 1 fully saturated rings. The van der Waals surface area contributed by atoms with Crippen LogP contribution in [0.25, 0.3) is 11.2 Å². The van der Waals surface area contributed by atoms with Gasteiger partial charge in [0, 0.05) is 43.4 Å². The van der Waals surface area contributed by atoms with Gasteiger partial charge in [-0.25, -0.2) is 15.0 Å². The first-order valence-electron chi connectivity index (χ1n) is 11.0. The molecule has 0 amide bonds. The molecule has 0 spiro atoms. The molecular formula is C24H20F4N6O. The zero-order chi connectivity index (χ0) is 24.6. The van der Waals surface area contributed by atoms with Gasteiger partial charge in [-0.2, -0.15) is 17.6 Å². The van der Waals surface area contributed by atoms with Gasteiger partial charge in [0.1, 0.15) is 5.52 Å². The number of anilines is 1. The summed E-state index contributed by atoms with van der Waals surface area (Å²) in [6.45, 7) is 0.617. The van der Waals surface area contributed by atoms with Crippen LogP contribution in [0.2, 0.25) is 0 Å². The van der Waals surface area contributed by atoms with E-state index in [1.807, 2.05) is 0 Å². The third kappa shape index (κ3) is 4.45. The Hall–Kier alpha value is -3.89. The predicted octanol–water partition coefficient (Wildman–Crippen LogP) is 4.17. The van der Waals surface area contributed by atoms with E-state index < -0.39 is 23.2 Å². The van der Waals surface area contributed by atoms with Crippen LogP contribution < -0.4 is 10.5 Å². The average molecular weight is 484 g/mol. The van der Waals surface area contributed by atoms with Crippen molar-refractivity contribution in [1.29, 1.82) is 0 Å². The molecular weight excluding hydrogens is 464 g/mol. The van der Waals surface area contributed by atoms with Gasteiger partial charge in [-0.3, -0.25) is 14.3 Å². The summed E-state index contributed by atoms with van der Waals surface area (Å²) in [5, 5.41) is 0. The summed E-state index contributed by atoms with van der Waals surface area (Å²) in [5.74, 6) is -0.664. The molecule has 1 saturated heterocycles. The van der Waals surface area contributed by atoms with E-state index in [2.05, 4.69) is 19.9 Å². The highest BCUT2D eigenvalue weighted by molar-refractivity contribution is 5.71. The number of halogens is 4. The summed E-state index contributed by atoms with van der Waals surface area (Å²) < 4.78 is 56.1. The van der Waals surface area contributed by atoms with Crippen LogP contribution in [0.5, 0.6) is 0 Å². The Morgan fingerprint density at radius 3 is 2.37 bits per heavy atom. The molecule has 5 rings (SSSR count). The van der Waals surface area contributed by atoms with Gasteiger partial charge in [0.25, 0.3) is 11.5 Å². The van der Waals surface area contributed by atoms with Crippen LogP contribution in [0.4, 0.5) is 23.4 Å². The molecule has 1 aliphatic heterocycles. The molecule has 1 aliphatic rings.